The molecule has 0 saturated carbocycles. The first-order valence-corrected chi connectivity index (χ1v) is 6.18. The largest absolute Gasteiger partial charge is 0.431 e. The summed E-state index contributed by atoms with van der Waals surface area (Å²) in [5, 5.41) is 0. The molecule has 1 aliphatic heterocycles. The molecule has 0 saturated heterocycles. The molecular formula is C14H15F3N2. The highest BCUT2D eigenvalue weighted by atomic mass is 19.4. The van der Waals surface area contributed by atoms with Crippen molar-refractivity contribution in [2.24, 2.45) is 4.99 Å². The number of benzene rings is 1. The van der Waals surface area contributed by atoms with Gasteiger partial charge in [-0.1, -0.05) is 31.5 Å². The second-order valence-corrected chi connectivity index (χ2v) is 4.39. The zero-order chi connectivity index (χ0) is 13.9. The number of alkyl halides is 3. The molecule has 0 aromatic heterocycles. The summed E-state index contributed by atoms with van der Waals surface area (Å²) in [6, 6.07) is 9.03. The SMILES string of the molecule is CCCC1=CN(c2ccccc2)CC(C(F)(F)F)=N1. The highest BCUT2D eigenvalue weighted by Gasteiger charge is 2.38. The van der Waals surface area contributed by atoms with E-state index in [1.165, 1.54) is 0 Å². The predicted octanol–water partition coefficient (Wildman–Crippen LogP) is 4.15. The normalized spacial score (nSPS) is 16.1. The van der Waals surface area contributed by atoms with E-state index in [0.29, 0.717) is 12.1 Å². The number of rotatable bonds is 3. The first-order valence-electron chi connectivity index (χ1n) is 6.18. The fraction of sp³-hybridized carbons (Fsp3) is 0.357. The molecule has 2 rings (SSSR count). The van der Waals surface area contributed by atoms with Crippen molar-refractivity contribution in [3.05, 3.63) is 42.2 Å². The van der Waals surface area contributed by atoms with Crippen molar-refractivity contribution in [2.75, 3.05) is 11.4 Å². The maximum absolute atomic E-state index is 12.9. The Balaban J connectivity index is 2.31. The molecule has 1 aromatic carbocycles. The molecule has 0 radical (unpaired) electrons. The Hall–Kier alpha value is -1.78. The van der Waals surface area contributed by atoms with E-state index in [9.17, 15) is 13.2 Å². The van der Waals surface area contributed by atoms with E-state index in [4.69, 9.17) is 0 Å². The van der Waals surface area contributed by atoms with Gasteiger partial charge in [-0.05, 0) is 18.6 Å². The van der Waals surface area contributed by atoms with Crippen LogP contribution in [0.3, 0.4) is 0 Å². The maximum Gasteiger partial charge on any atom is 0.431 e. The van der Waals surface area contributed by atoms with Crippen LogP contribution < -0.4 is 4.90 Å². The van der Waals surface area contributed by atoms with Gasteiger partial charge in [-0.25, -0.2) is 4.99 Å². The minimum atomic E-state index is -4.37. The smallest absolute Gasteiger partial charge is 0.340 e. The predicted molar refractivity (Wildman–Crippen MR) is 70.3 cm³/mol. The van der Waals surface area contributed by atoms with Gasteiger partial charge in [0.15, 0.2) is 0 Å². The van der Waals surface area contributed by atoms with Gasteiger partial charge in [0.2, 0.25) is 0 Å². The Morgan fingerprint density at radius 1 is 1.21 bits per heavy atom. The van der Waals surface area contributed by atoms with Gasteiger partial charge in [-0.15, -0.1) is 0 Å². The number of hydrogen-bond acceptors (Lipinski definition) is 2. The molecule has 0 N–H and O–H groups in total. The molecular weight excluding hydrogens is 253 g/mol. The van der Waals surface area contributed by atoms with E-state index in [2.05, 4.69) is 4.99 Å². The van der Waals surface area contributed by atoms with Crippen molar-refractivity contribution in [1.29, 1.82) is 0 Å². The Labute approximate surface area is 110 Å². The first kappa shape index (κ1) is 13.6. The summed E-state index contributed by atoms with van der Waals surface area (Å²) in [5.74, 6) is 0. The van der Waals surface area contributed by atoms with Crippen molar-refractivity contribution >= 4 is 11.4 Å². The van der Waals surface area contributed by atoms with Crippen LogP contribution in [0.4, 0.5) is 18.9 Å². The van der Waals surface area contributed by atoms with Crippen LogP contribution in [0.5, 0.6) is 0 Å². The Morgan fingerprint density at radius 2 is 1.89 bits per heavy atom. The standard InChI is InChI=1S/C14H15F3N2/c1-2-6-11-9-19(12-7-4-3-5-8-12)10-13(18-11)14(15,16)17/h3-5,7-9H,2,6,10H2,1H3. The molecule has 19 heavy (non-hydrogen) atoms. The van der Waals surface area contributed by atoms with E-state index in [0.717, 1.165) is 12.1 Å². The lowest BCUT2D eigenvalue weighted by atomic mass is 10.2. The summed E-state index contributed by atoms with van der Waals surface area (Å²) in [6.07, 6.45) is -1.36. The van der Waals surface area contributed by atoms with Gasteiger partial charge < -0.3 is 4.90 Å². The van der Waals surface area contributed by atoms with Gasteiger partial charge in [-0.3, -0.25) is 0 Å². The number of hydrogen-bond donors (Lipinski definition) is 0. The molecule has 1 heterocycles. The van der Waals surface area contributed by atoms with Gasteiger partial charge in [0.1, 0.15) is 5.71 Å². The van der Waals surface area contributed by atoms with Crippen LogP contribution in [0.15, 0.2) is 47.2 Å². The molecule has 0 bridgehead atoms. The molecule has 102 valence electrons. The van der Waals surface area contributed by atoms with Crippen LogP contribution in [0.1, 0.15) is 19.8 Å². The zero-order valence-corrected chi connectivity index (χ0v) is 10.6. The summed E-state index contributed by atoms with van der Waals surface area (Å²) in [4.78, 5) is 5.33. The van der Waals surface area contributed by atoms with Gasteiger partial charge in [-0.2, -0.15) is 13.2 Å². The van der Waals surface area contributed by atoms with Crippen LogP contribution >= 0.6 is 0 Å². The molecule has 0 atom stereocenters. The fourth-order valence-electron chi connectivity index (χ4n) is 1.94. The molecule has 0 unspecified atom stereocenters. The summed E-state index contributed by atoms with van der Waals surface area (Å²) < 4.78 is 38.6. The van der Waals surface area contributed by atoms with Crippen molar-refractivity contribution in [2.45, 2.75) is 25.9 Å². The summed E-state index contributed by atoms with van der Waals surface area (Å²) in [7, 11) is 0. The quantitative estimate of drug-likeness (QED) is 0.804. The average molecular weight is 268 g/mol. The minimum absolute atomic E-state index is 0.235. The minimum Gasteiger partial charge on any atom is -0.340 e. The van der Waals surface area contributed by atoms with Crippen LogP contribution in [-0.4, -0.2) is 18.4 Å². The Morgan fingerprint density at radius 3 is 2.47 bits per heavy atom. The number of nitrogens with zero attached hydrogens (tertiary/aromatic N) is 2. The van der Waals surface area contributed by atoms with Gasteiger partial charge >= 0.3 is 6.18 Å². The van der Waals surface area contributed by atoms with Gasteiger partial charge in [0.05, 0.1) is 12.2 Å². The van der Waals surface area contributed by atoms with Crippen LogP contribution in [0.2, 0.25) is 0 Å². The fourth-order valence-corrected chi connectivity index (χ4v) is 1.94. The topological polar surface area (TPSA) is 15.6 Å². The molecule has 1 aliphatic rings. The monoisotopic (exact) mass is 268 g/mol. The lowest BCUT2D eigenvalue weighted by Gasteiger charge is -2.27. The molecule has 0 amide bonds. The van der Waals surface area contributed by atoms with Gasteiger partial charge in [0, 0.05) is 11.9 Å². The highest BCUT2D eigenvalue weighted by Crippen LogP contribution is 2.27. The van der Waals surface area contributed by atoms with E-state index in [1.807, 2.05) is 25.1 Å². The van der Waals surface area contributed by atoms with Crippen molar-refractivity contribution in [3.63, 3.8) is 0 Å². The van der Waals surface area contributed by atoms with Crippen molar-refractivity contribution in [1.82, 2.24) is 0 Å². The third kappa shape index (κ3) is 3.36. The van der Waals surface area contributed by atoms with E-state index in [1.54, 1.807) is 23.2 Å². The third-order valence-electron chi connectivity index (χ3n) is 2.82. The highest BCUT2D eigenvalue weighted by molar-refractivity contribution is 5.95. The van der Waals surface area contributed by atoms with Crippen LogP contribution in [0.25, 0.3) is 0 Å². The van der Waals surface area contributed by atoms with Crippen LogP contribution in [0, 0.1) is 0 Å². The maximum atomic E-state index is 12.9. The molecule has 1 aromatic rings. The number of para-hydroxylation sites is 1. The number of aliphatic imine (C=N–C) groups is 1. The Bertz CT molecular complexity index is 489. The number of anilines is 1. The van der Waals surface area contributed by atoms with Gasteiger partial charge in [0.25, 0.3) is 0 Å². The molecule has 5 heteroatoms. The number of allylic oxidation sites excluding steroid dienone is 1. The third-order valence-corrected chi connectivity index (χ3v) is 2.82. The van der Waals surface area contributed by atoms with E-state index >= 15 is 0 Å². The van der Waals surface area contributed by atoms with Crippen molar-refractivity contribution in [3.8, 4) is 0 Å². The average Bonchev–Trinajstić information content (AvgIpc) is 2.39. The number of halogens is 3. The molecule has 0 fully saturated rings. The lowest BCUT2D eigenvalue weighted by molar-refractivity contribution is -0.0598. The second-order valence-electron chi connectivity index (χ2n) is 4.39. The van der Waals surface area contributed by atoms with E-state index < -0.39 is 11.9 Å². The van der Waals surface area contributed by atoms with Crippen LogP contribution in [-0.2, 0) is 0 Å². The summed E-state index contributed by atoms with van der Waals surface area (Å²) >= 11 is 0. The Kier molecular flexibility index (Phi) is 3.93. The lowest BCUT2D eigenvalue weighted by Crippen LogP contribution is -2.37. The van der Waals surface area contributed by atoms with Crippen molar-refractivity contribution < 1.29 is 13.2 Å². The summed E-state index contributed by atoms with van der Waals surface area (Å²) in [5.41, 5.74) is 0.486. The molecule has 0 spiro atoms. The molecule has 0 aliphatic carbocycles. The van der Waals surface area contributed by atoms with E-state index in [-0.39, 0.29) is 6.54 Å². The first-order chi connectivity index (χ1) is 9.00. The summed E-state index contributed by atoms with van der Waals surface area (Å²) in [6.45, 7) is 1.69. The zero-order valence-electron chi connectivity index (χ0n) is 10.6. The second kappa shape index (κ2) is 5.47. The molecule has 2 nitrogen and oxygen atoms in total.